The molecule has 0 spiro atoms. The fourth-order valence-corrected chi connectivity index (χ4v) is 0.285. The second-order valence-electron chi connectivity index (χ2n) is 1.48. The van der Waals surface area contributed by atoms with Crippen LogP contribution in [0.15, 0.2) is 11.8 Å². The third-order valence-corrected chi connectivity index (χ3v) is 0.736. The predicted molar refractivity (Wildman–Crippen MR) is 31.8 cm³/mol. The Morgan fingerprint density at radius 2 is 2.12 bits per heavy atom. The van der Waals surface area contributed by atoms with Gasteiger partial charge in [-0.25, -0.2) is 0 Å². The molecule has 0 saturated carbocycles. The van der Waals surface area contributed by atoms with Gasteiger partial charge in [-0.3, -0.25) is 4.79 Å². The molecule has 0 bridgehead atoms. The van der Waals surface area contributed by atoms with Gasteiger partial charge in [-0.05, 0) is 6.42 Å². The molecule has 1 amide bonds. The zero-order valence-corrected chi connectivity index (χ0v) is 4.85. The second kappa shape index (κ2) is 3.07. The Labute approximate surface area is 48.4 Å². The van der Waals surface area contributed by atoms with Gasteiger partial charge in [-0.15, -0.1) is 0 Å². The Morgan fingerprint density at radius 3 is 2.25 bits per heavy atom. The molecule has 0 unspecified atom stereocenters. The highest BCUT2D eigenvalue weighted by molar-refractivity contribution is 5.86. The maximum Gasteiger partial charge on any atom is 0.243 e. The van der Waals surface area contributed by atoms with Crippen LogP contribution in [0.2, 0.25) is 0 Å². The van der Waals surface area contributed by atoms with E-state index in [-0.39, 0.29) is 0 Å². The van der Waals surface area contributed by atoms with Crippen LogP contribution in [0, 0.1) is 0 Å². The van der Waals surface area contributed by atoms with Crippen molar-refractivity contribution in [1.29, 1.82) is 0 Å². The summed E-state index contributed by atoms with van der Waals surface area (Å²) in [5.74, 6) is -0.482. The fraction of sp³-hybridized carbons (Fsp3) is 0.400. The largest absolute Gasteiger partial charge is 0.402 e. The van der Waals surface area contributed by atoms with Crippen LogP contribution in [-0.4, -0.2) is 5.91 Å². The molecule has 0 aromatic heterocycles. The second-order valence-corrected chi connectivity index (χ2v) is 1.48. The molecule has 0 rings (SSSR count). The Hall–Kier alpha value is -0.990. The average Bonchev–Trinajstić information content (AvgIpc) is 1.65. The summed E-state index contributed by atoms with van der Waals surface area (Å²) in [6.45, 7) is 1.86. The Kier molecular flexibility index (Phi) is 2.69. The summed E-state index contributed by atoms with van der Waals surface area (Å²) in [5, 5.41) is 0. The third-order valence-electron chi connectivity index (χ3n) is 0.736. The number of amides is 1. The summed E-state index contributed by atoms with van der Waals surface area (Å²) in [6, 6.07) is 0. The molecule has 3 heteroatoms. The van der Waals surface area contributed by atoms with E-state index in [1.165, 1.54) is 6.08 Å². The van der Waals surface area contributed by atoms with E-state index in [0.717, 1.165) is 0 Å². The maximum atomic E-state index is 10.0. The number of carbonyl (C=O) groups excluding carboxylic acids is 1. The summed E-state index contributed by atoms with van der Waals surface area (Å²) >= 11 is 0. The topological polar surface area (TPSA) is 69.1 Å². The van der Waals surface area contributed by atoms with Gasteiger partial charge in [-0.2, -0.15) is 0 Å². The number of allylic oxidation sites excluding steroid dienone is 1. The van der Waals surface area contributed by atoms with Gasteiger partial charge in [-0.1, -0.05) is 6.92 Å². The highest BCUT2D eigenvalue weighted by Crippen LogP contribution is 1.86. The molecule has 0 aliphatic heterocycles. The van der Waals surface area contributed by atoms with E-state index >= 15 is 0 Å². The van der Waals surface area contributed by atoms with Crippen molar-refractivity contribution in [2.24, 2.45) is 11.5 Å². The quantitative estimate of drug-likeness (QED) is 0.485. The van der Waals surface area contributed by atoms with Crippen LogP contribution >= 0.6 is 0 Å². The SMILES string of the molecule is CC/C(N)=C/C(N)=O. The zero-order chi connectivity index (χ0) is 6.57. The third kappa shape index (κ3) is 3.21. The first-order valence-corrected chi connectivity index (χ1v) is 2.42. The average molecular weight is 114 g/mol. The van der Waals surface area contributed by atoms with Crippen LogP contribution < -0.4 is 11.5 Å². The Morgan fingerprint density at radius 1 is 1.62 bits per heavy atom. The highest BCUT2D eigenvalue weighted by Gasteiger charge is 1.86. The lowest BCUT2D eigenvalue weighted by molar-refractivity contribution is -0.113. The minimum atomic E-state index is -0.482. The van der Waals surface area contributed by atoms with Gasteiger partial charge in [0.2, 0.25) is 5.91 Å². The van der Waals surface area contributed by atoms with Crippen LogP contribution in [0.1, 0.15) is 13.3 Å². The molecule has 0 aliphatic rings. The normalized spacial score (nSPS) is 11.4. The van der Waals surface area contributed by atoms with Crippen LogP contribution in [0.5, 0.6) is 0 Å². The first-order valence-electron chi connectivity index (χ1n) is 2.42. The van der Waals surface area contributed by atoms with Crippen molar-refractivity contribution in [3.8, 4) is 0 Å². The van der Waals surface area contributed by atoms with Crippen molar-refractivity contribution in [3.05, 3.63) is 11.8 Å². The number of primary amides is 1. The molecular formula is C5H10N2O. The lowest BCUT2D eigenvalue weighted by Crippen LogP contribution is -2.09. The number of hydrogen-bond donors (Lipinski definition) is 2. The van der Waals surface area contributed by atoms with Crippen molar-refractivity contribution < 1.29 is 4.79 Å². The standard InChI is InChI=1S/C5H10N2O/c1-2-4(6)3-5(7)8/h3H,2,6H2,1H3,(H2,7,8)/b4-3-. The summed E-state index contributed by atoms with van der Waals surface area (Å²) in [5.41, 5.74) is 10.5. The van der Waals surface area contributed by atoms with E-state index in [9.17, 15) is 4.79 Å². The van der Waals surface area contributed by atoms with Gasteiger partial charge in [0.05, 0.1) is 0 Å². The summed E-state index contributed by atoms with van der Waals surface area (Å²) in [4.78, 5) is 10.0. The van der Waals surface area contributed by atoms with Crippen LogP contribution in [0.25, 0.3) is 0 Å². The molecule has 0 aliphatic carbocycles. The highest BCUT2D eigenvalue weighted by atomic mass is 16.1. The van der Waals surface area contributed by atoms with Gasteiger partial charge in [0, 0.05) is 11.8 Å². The van der Waals surface area contributed by atoms with E-state index in [1.807, 2.05) is 6.92 Å². The summed E-state index contributed by atoms with van der Waals surface area (Å²) < 4.78 is 0. The first kappa shape index (κ1) is 7.01. The molecule has 0 saturated heterocycles. The lowest BCUT2D eigenvalue weighted by atomic mass is 10.3. The number of hydrogen-bond acceptors (Lipinski definition) is 2. The van der Waals surface area contributed by atoms with E-state index in [1.54, 1.807) is 0 Å². The monoisotopic (exact) mass is 114 g/mol. The van der Waals surface area contributed by atoms with Gasteiger partial charge in [0.1, 0.15) is 0 Å². The van der Waals surface area contributed by atoms with Crippen LogP contribution in [0.4, 0.5) is 0 Å². The van der Waals surface area contributed by atoms with Crippen molar-refractivity contribution in [2.45, 2.75) is 13.3 Å². The molecule has 0 aromatic carbocycles. The fourth-order valence-electron chi connectivity index (χ4n) is 0.285. The minimum Gasteiger partial charge on any atom is -0.402 e. The van der Waals surface area contributed by atoms with Gasteiger partial charge in [0.25, 0.3) is 0 Å². The van der Waals surface area contributed by atoms with Gasteiger partial charge >= 0.3 is 0 Å². The summed E-state index contributed by atoms with van der Waals surface area (Å²) in [7, 11) is 0. The van der Waals surface area contributed by atoms with E-state index < -0.39 is 5.91 Å². The molecule has 4 N–H and O–H groups in total. The molecule has 8 heavy (non-hydrogen) atoms. The first-order chi connectivity index (χ1) is 3.66. The minimum absolute atomic E-state index is 0.482. The van der Waals surface area contributed by atoms with Gasteiger partial charge in [0.15, 0.2) is 0 Å². The molecular weight excluding hydrogens is 104 g/mol. The molecule has 0 radical (unpaired) electrons. The van der Waals surface area contributed by atoms with E-state index in [0.29, 0.717) is 12.1 Å². The number of nitrogens with two attached hydrogens (primary N) is 2. The van der Waals surface area contributed by atoms with Crippen molar-refractivity contribution in [2.75, 3.05) is 0 Å². The van der Waals surface area contributed by atoms with Crippen LogP contribution in [-0.2, 0) is 4.79 Å². The smallest absolute Gasteiger partial charge is 0.243 e. The Balaban J connectivity index is 3.75. The van der Waals surface area contributed by atoms with Crippen LogP contribution in [0.3, 0.4) is 0 Å². The lowest BCUT2D eigenvalue weighted by Gasteiger charge is -1.89. The number of carbonyl (C=O) groups is 1. The molecule has 0 fully saturated rings. The molecule has 0 aromatic rings. The maximum absolute atomic E-state index is 10.0. The summed E-state index contributed by atoms with van der Waals surface area (Å²) in [6.07, 6.45) is 1.89. The van der Waals surface area contributed by atoms with Crippen molar-refractivity contribution in [1.82, 2.24) is 0 Å². The van der Waals surface area contributed by atoms with E-state index in [4.69, 9.17) is 11.5 Å². The molecule has 46 valence electrons. The Bertz CT molecular complexity index is 118. The van der Waals surface area contributed by atoms with Crippen molar-refractivity contribution >= 4 is 5.91 Å². The molecule has 3 nitrogen and oxygen atoms in total. The predicted octanol–water partition coefficient (Wildman–Crippen LogP) is -0.276. The molecule has 0 heterocycles. The number of rotatable bonds is 2. The zero-order valence-electron chi connectivity index (χ0n) is 4.85. The van der Waals surface area contributed by atoms with Gasteiger partial charge < -0.3 is 11.5 Å². The van der Waals surface area contributed by atoms with E-state index in [2.05, 4.69) is 0 Å². The molecule has 0 atom stereocenters. The van der Waals surface area contributed by atoms with Crippen molar-refractivity contribution in [3.63, 3.8) is 0 Å².